The van der Waals surface area contributed by atoms with Crippen LogP contribution in [0.1, 0.15) is 51.5 Å². The van der Waals surface area contributed by atoms with Crippen LogP contribution in [-0.4, -0.2) is 30.2 Å². The van der Waals surface area contributed by atoms with Gasteiger partial charge in [0.2, 0.25) is 0 Å². The summed E-state index contributed by atoms with van der Waals surface area (Å²) >= 11 is 0. The fourth-order valence-electron chi connectivity index (χ4n) is 3.10. The van der Waals surface area contributed by atoms with E-state index in [4.69, 9.17) is 4.52 Å². The van der Waals surface area contributed by atoms with Gasteiger partial charge in [-0.1, -0.05) is 25.9 Å². The standard InChI is InChI=1S/C16H29N3O/c1-16(2,3)13-6-5-8-19(9-7-13)12-15-10-14(11-17-4)18-20-15/h10,13,17H,5-9,11-12H2,1-4H3. The Labute approximate surface area is 122 Å². The van der Waals surface area contributed by atoms with E-state index in [-0.39, 0.29) is 0 Å². The molecule has 20 heavy (non-hydrogen) atoms. The maximum atomic E-state index is 5.42. The molecule has 2 rings (SSSR count). The molecule has 4 nitrogen and oxygen atoms in total. The average Bonchev–Trinajstić information content (AvgIpc) is 2.65. The number of likely N-dealkylation sites (tertiary alicyclic amines) is 1. The van der Waals surface area contributed by atoms with Gasteiger partial charge in [-0.25, -0.2) is 0 Å². The van der Waals surface area contributed by atoms with Gasteiger partial charge in [0.05, 0.1) is 12.2 Å². The lowest BCUT2D eigenvalue weighted by atomic mass is 9.77. The van der Waals surface area contributed by atoms with E-state index in [1.165, 1.54) is 32.4 Å². The van der Waals surface area contributed by atoms with Gasteiger partial charge in [0.1, 0.15) is 0 Å². The lowest BCUT2D eigenvalue weighted by molar-refractivity contribution is 0.200. The molecule has 2 heterocycles. The molecule has 1 aliphatic heterocycles. The molecule has 0 aliphatic carbocycles. The van der Waals surface area contributed by atoms with Crippen molar-refractivity contribution in [3.05, 3.63) is 17.5 Å². The van der Waals surface area contributed by atoms with Gasteiger partial charge >= 0.3 is 0 Å². The van der Waals surface area contributed by atoms with Crippen LogP contribution in [0.4, 0.5) is 0 Å². The van der Waals surface area contributed by atoms with Crippen LogP contribution in [0.15, 0.2) is 10.6 Å². The van der Waals surface area contributed by atoms with Crippen LogP contribution in [0.2, 0.25) is 0 Å². The molecule has 1 atom stereocenters. The largest absolute Gasteiger partial charge is 0.360 e. The second kappa shape index (κ2) is 6.72. The molecule has 0 spiro atoms. The highest BCUT2D eigenvalue weighted by Gasteiger charge is 2.27. The molecule has 4 heteroatoms. The van der Waals surface area contributed by atoms with E-state index < -0.39 is 0 Å². The number of rotatable bonds is 4. The maximum Gasteiger partial charge on any atom is 0.151 e. The minimum absolute atomic E-state index is 0.433. The summed E-state index contributed by atoms with van der Waals surface area (Å²) in [6.07, 6.45) is 3.93. The first-order valence-electron chi connectivity index (χ1n) is 7.80. The van der Waals surface area contributed by atoms with Crippen LogP contribution >= 0.6 is 0 Å². The molecule has 114 valence electrons. The summed E-state index contributed by atoms with van der Waals surface area (Å²) in [5.41, 5.74) is 1.42. The van der Waals surface area contributed by atoms with Gasteiger partial charge in [0, 0.05) is 12.6 Å². The molecule has 0 amide bonds. The Hall–Kier alpha value is -0.870. The van der Waals surface area contributed by atoms with Crippen LogP contribution < -0.4 is 5.32 Å². The quantitative estimate of drug-likeness (QED) is 0.920. The van der Waals surface area contributed by atoms with E-state index in [0.717, 1.165) is 30.5 Å². The Bertz CT molecular complexity index is 408. The highest BCUT2D eigenvalue weighted by molar-refractivity contribution is 5.05. The maximum absolute atomic E-state index is 5.42. The van der Waals surface area contributed by atoms with E-state index in [9.17, 15) is 0 Å². The van der Waals surface area contributed by atoms with Gasteiger partial charge in [-0.2, -0.15) is 0 Å². The predicted octanol–water partition coefficient (Wildman–Crippen LogP) is 3.04. The Balaban J connectivity index is 1.87. The minimum atomic E-state index is 0.433. The van der Waals surface area contributed by atoms with Crippen molar-refractivity contribution in [3.8, 4) is 0 Å². The van der Waals surface area contributed by atoms with Crippen LogP contribution in [0, 0.1) is 11.3 Å². The summed E-state index contributed by atoms with van der Waals surface area (Å²) in [5.74, 6) is 1.83. The first-order valence-corrected chi connectivity index (χ1v) is 7.80. The molecule has 0 saturated carbocycles. The summed E-state index contributed by atoms with van der Waals surface area (Å²) < 4.78 is 5.42. The fourth-order valence-corrected chi connectivity index (χ4v) is 3.10. The number of nitrogens with one attached hydrogen (secondary N) is 1. The van der Waals surface area contributed by atoms with Crippen molar-refractivity contribution in [3.63, 3.8) is 0 Å². The average molecular weight is 279 g/mol. The number of nitrogens with zero attached hydrogens (tertiary/aromatic N) is 2. The third-order valence-corrected chi connectivity index (χ3v) is 4.39. The van der Waals surface area contributed by atoms with Crippen molar-refractivity contribution in [2.75, 3.05) is 20.1 Å². The van der Waals surface area contributed by atoms with Crippen molar-refractivity contribution in [2.45, 2.75) is 53.1 Å². The van der Waals surface area contributed by atoms with Gasteiger partial charge in [0.15, 0.2) is 5.76 Å². The third kappa shape index (κ3) is 4.32. The molecule has 1 aliphatic rings. The Morgan fingerprint density at radius 3 is 2.85 bits per heavy atom. The van der Waals surface area contributed by atoms with Crippen molar-refractivity contribution in [1.29, 1.82) is 0 Å². The number of aromatic nitrogens is 1. The predicted molar refractivity (Wildman–Crippen MR) is 81.3 cm³/mol. The smallest absolute Gasteiger partial charge is 0.151 e. The monoisotopic (exact) mass is 279 g/mol. The Morgan fingerprint density at radius 1 is 1.35 bits per heavy atom. The molecule has 0 radical (unpaired) electrons. The van der Waals surface area contributed by atoms with Crippen LogP contribution in [0.25, 0.3) is 0 Å². The summed E-state index contributed by atoms with van der Waals surface area (Å²) in [4.78, 5) is 2.51. The molecule has 1 saturated heterocycles. The molecule has 1 aromatic rings. The highest BCUT2D eigenvalue weighted by Crippen LogP contribution is 2.34. The summed E-state index contributed by atoms with van der Waals surface area (Å²) in [5, 5.41) is 7.18. The summed E-state index contributed by atoms with van der Waals surface area (Å²) in [6, 6.07) is 2.07. The number of hydrogen-bond acceptors (Lipinski definition) is 4. The topological polar surface area (TPSA) is 41.3 Å². The van der Waals surface area contributed by atoms with Crippen molar-refractivity contribution < 1.29 is 4.52 Å². The SMILES string of the molecule is CNCc1cc(CN2CCCC(C(C)(C)C)CC2)on1. The lowest BCUT2D eigenvalue weighted by Gasteiger charge is -2.29. The molecule has 1 unspecified atom stereocenters. The molecular weight excluding hydrogens is 250 g/mol. The van der Waals surface area contributed by atoms with E-state index in [1.54, 1.807) is 0 Å². The molecule has 1 aromatic heterocycles. The Kier molecular flexibility index (Phi) is 5.22. The zero-order valence-corrected chi connectivity index (χ0v) is 13.4. The van der Waals surface area contributed by atoms with Gasteiger partial charge in [-0.15, -0.1) is 0 Å². The Morgan fingerprint density at radius 2 is 2.15 bits per heavy atom. The van der Waals surface area contributed by atoms with Gasteiger partial charge in [-0.05, 0) is 50.7 Å². The lowest BCUT2D eigenvalue weighted by Crippen LogP contribution is -2.25. The molecule has 0 aromatic carbocycles. The second-order valence-electron chi connectivity index (χ2n) is 7.08. The van der Waals surface area contributed by atoms with Crippen LogP contribution in [0.3, 0.4) is 0 Å². The zero-order valence-electron chi connectivity index (χ0n) is 13.4. The van der Waals surface area contributed by atoms with Crippen LogP contribution in [-0.2, 0) is 13.1 Å². The zero-order chi connectivity index (χ0) is 14.6. The molecule has 1 fully saturated rings. The summed E-state index contributed by atoms with van der Waals surface area (Å²) in [7, 11) is 1.93. The van der Waals surface area contributed by atoms with Gasteiger partial charge in [0.25, 0.3) is 0 Å². The van der Waals surface area contributed by atoms with Crippen molar-refractivity contribution in [2.24, 2.45) is 11.3 Å². The van der Waals surface area contributed by atoms with Crippen molar-refractivity contribution in [1.82, 2.24) is 15.4 Å². The van der Waals surface area contributed by atoms with E-state index >= 15 is 0 Å². The normalized spacial score (nSPS) is 21.9. The molecular formula is C16H29N3O. The van der Waals surface area contributed by atoms with E-state index in [1.807, 2.05) is 7.05 Å². The van der Waals surface area contributed by atoms with Gasteiger partial charge in [-0.3, -0.25) is 4.90 Å². The summed E-state index contributed by atoms with van der Waals surface area (Å²) in [6.45, 7) is 11.1. The minimum Gasteiger partial charge on any atom is -0.360 e. The van der Waals surface area contributed by atoms with Gasteiger partial charge < -0.3 is 9.84 Å². The third-order valence-electron chi connectivity index (χ3n) is 4.39. The highest BCUT2D eigenvalue weighted by atomic mass is 16.5. The van der Waals surface area contributed by atoms with Crippen molar-refractivity contribution >= 4 is 0 Å². The molecule has 1 N–H and O–H groups in total. The second-order valence-corrected chi connectivity index (χ2v) is 7.08. The van der Waals surface area contributed by atoms with E-state index in [2.05, 4.69) is 42.2 Å². The first kappa shape index (κ1) is 15.5. The first-order chi connectivity index (χ1) is 9.49. The number of hydrogen-bond donors (Lipinski definition) is 1. The molecule has 0 bridgehead atoms. The fraction of sp³-hybridized carbons (Fsp3) is 0.812. The van der Waals surface area contributed by atoms with Crippen LogP contribution in [0.5, 0.6) is 0 Å². The van der Waals surface area contributed by atoms with E-state index in [0.29, 0.717) is 5.41 Å².